The third kappa shape index (κ3) is 4.76. The highest BCUT2D eigenvalue weighted by Crippen LogP contribution is 2.39. The van der Waals surface area contributed by atoms with Crippen LogP contribution in [-0.4, -0.2) is 31.2 Å². The largest absolute Gasteiger partial charge is 0.381 e. The van der Waals surface area contributed by atoms with Crippen LogP contribution in [0.1, 0.15) is 50.5 Å². The van der Waals surface area contributed by atoms with Crippen LogP contribution >= 0.6 is 28.3 Å². The molecule has 25 heavy (non-hydrogen) atoms. The molecule has 140 valence electrons. The van der Waals surface area contributed by atoms with Crippen LogP contribution < -0.4 is 11.1 Å². The first kappa shape index (κ1) is 20.7. The van der Waals surface area contributed by atoms with Gasteiger partial charge in [-0.15, -0.1) is 12.4 Å². The molecule has 0 bridgehead atoms. The van der Waals surface area contributed by atoms with E-state index in [9.17, 15) is 4.79 Å². The maximum Gasteiger partial charge on any atom is 0.240 e. The highest BCUT2D eigenvalue weighted by molar-refractivity contribution is 9.10. The normalized spacial score (nSPS) is 21.8. The summed E-state index contributed by atoms with van der Waals surface area (Å²) in [5.41, 5.74) is 6.91. The fourth-order valence-corrected chi connectivity index (χ4v) is 4.25. The summed E-state index contributed by atoms with van der Waals surface area (Å²) in [6.07, 6.45) is 7.16. The van der Waals surface area contributed by atoms with E-state index in [-0.39, 0.29) is 23.7 Å². The predicted molar refractivity (Wildman–Crippen MR) is 106 cm³/mol. The molecule has 1 saturated heterocycles. The number of amides is 1. The highest BCUT2D eigenvalue weighted by Gasteiger charge is 2.39. The third-order valence-corrected chi connectivity index (χ3v) is 6.22. The molecule has 3 N–H and O–H groups in total. The maximum atomic E-state index is 12.7. The molecule has 1 heterocycles. The van der Waals surface area contributed by atoms with Crippen LogP contribution in [0, 0.1) is 0 Å². The first-order valence-electron chi connectivity index (χ1n) is 8.95. The van der Waals surface area contributed by atoms with Crippen molar-refractivity contribution in [2.24, 2.45) is 5.73 Å². The minimum atomic E-state index is -0.770. The number of nitrogens with two attached hydrogens (primary N) is 1. The van der Waals surface area contributed by atoms with Gasteiger partial charge < -0.3 is 15.8 Å². The zero-order chi connectivity index (χ0) is 17.0. The molecule has 1 aromatic rings. The summed E-state index contributed by atoms with van der Waals surface area (Å²) in [5, 5.41) is 3.19. The van der Waals surface area contributed by atoms with Gasteiger partial charge in [-0.25, -0.2) is 0 Å². The van der Waals surface area contributed by atoms with E-state index < -0.39 is 5.54 Å². The zero-order valence-corrected chi connectivity index (χ0v) is 17.0. The van der Waals surface area contributed by atoms with Crippen molar-refractivity contribution < 1.29 is 9.53 Å². The van der Waals surface area contributed by atoms with Gasteiger partial charge in [0, 0.05) is 29.6 Å². The number of carbonyl (C=O) groups is 1. The number of hydrogen-bond donors (Lipinski definition) is 2. The zero-order valence-electron chi connectivity index (χ0n) is 14.6. The molecule has 1 aliphatic heterocycles. The lowest BCUT2D eigenvalue weighted by Crippen LogP contribution is -2.58. The predicted octanol–water partition coefficient (Wildman–Crippen LogP) is 3.70. The van der Waals surface area contributed by atoms with Gasteiger partial charge in [-0.2, -0.15) is 0 Å². The van der Waals surface area contributed by atoms with E-state index >= 15 is 0 Å². The van der Waals surface area contributed by atoms with E-state index in [0.29, 0.717) is 32.6 Å². The summed E-state index contributed by atoms with van der Waals surface area (Å²) < 4.78 is 6.43. The minimum Gasteiger partial charge on any atom is -0.381 e. The molecule has 3 rings (SSSR count). The van der Waals surface area contributed by atoms with Crippen molar-refractivity contribution >= 4 is 34.2 Å². The second-order valence-corrected chi connectivity index (χ2v) is 8.21. The lowest BCUT2D eigenvalue weighted by atomic mass is 9.69. The van der Waals surface area contributed by atoms with E-state index in [1.807, 2.05) is 0 Å². The Morgan fingerprint density at radius 2 is 1.68 bits per heavy atom. The van der Waals surface area contributed by atoms with Crippen molar-refractivity contribution in [3.63, 3.8) is 0 Å². The van der Waals surface area contributed by atoms with Gasteiger partial charge in [0.2, 0.25) is 5.91 Å². The summed E-state index contributed by atoms with van der Waals surface area (Å²) in [4.78, 5) is 12.7. The number of hydrogen-bond acceptors (Lipinski definition) is 3. The molecule has 0 spiro atoms. The fourth-order valence-electron chi connectivity index (χ4n) is 3.99. The molecule has 2 aliphatic rings. The molecule has 4 nitrogen and oxygen atoms in total. The van der Waals surface area contributed by atoms with Gasteiger partial charge in [0.15, 0.2) is 0 Å². The van der Waals surface area contributed by atoms with Gasteiger partial charge in [-0.05, 0) is 43.4 Å². The van der Waals surface area contributed by atoms with Gasteiger partial charge >= 0.3 is 0 Å². The number of carbonyl (C=O) groups excluding carboxylic acids is 1. The lowest BCUT2D eigenvalue weighted by Gasteiger charge is -2.40. The lowest BCUT2D eigenvalue weighted by molar-refractivity contribution is -0.130. The molecule has 0 unspecified atom stereocenters. The average Bonchev–Trinajstić information content (AvgIpc) is 2.61. The van der Waals surface area contributed by atoms with Crippen molar-refractivity contribution in [1.82, 2.24) is 5.32 Å². The third-order valence-electron chi connectivity index (χ3n) is 5.69. The van der Waals surface area contributed by atoms with Gasteiger partial charge in [0.1, 0.15) is 0 Å². The van der Waals surface area contributed by atoms with Crippen molar-refractivity contribution in [3.8, 4) is 0 Å². The second kappa shape index (κ2) is 8.85. The van der Waals surface area contributed by atoms with Gasteiger partial charge in [-0.3, -0.25) is 4.79 Å². The number of halogens is 2. The molecule has 6 heteroatoms. The summed E-state index contributed by atoms with van der Waals surface area (Å²) >= 11 is 3.51. The van der Waals surface area contributed by atoms with Crippen LogP contribution in [0.25, 0.3) is 0 Å². The Labute approximate surface area is 164 Å². The smallest absolute Gasteiger partial charge is 0.240 e. The summed E-state index contributed by atoms with van der Waals surface area (Å²) in [6.45, 7) is 1.82. The summed E-state index contributed by atoms with van der Waals surface area (Å²) in [6, 6.07) is 8.56. The standard InChI is InChI=1S/C19H27BrN2O2.ClH/c20-16-6-4-15(5-7-16)18(8-2-1-3-9-18)14-22-17(23)19(21)10-12-24-13-11-19;/h4-7H,1-3,8-14,21H2,(H,22,23);1H. The average molecular weight is 432 g/mol. The number of nitrogens with one attached hydrogen (secondary N) is 1. The number of benzene rings is 1. The first-order valence-corrected chi connectivity index (χ1v) is 9.74. The van der Waals surface area contributed by atoms with Crippen LogP contribution in [0.5, 0.6) is 0 Å². The van der Waals surface area contributed by atoms with Crippen molar-refractivity contribution in [2.75, 3.05) is 19.8 Å². The molecule has 1 saturated carbocycles. The Morgan fingerprint density at radius 3 is 2.28 bits per heavy atom. The monoisotopic (exact) mass is 430 g/mol. The van der Waals surface area contributed by atoms with Crippen LogP contribution in [0.4, 0.5) is 0 Å². The molecule has 0 aromatic heterocycles. The van der Waals surface area contributed by atoms with Gasteiger partial charge in [0.05, 0.1) is 5.54 Å². The summed E-state index contributed by atoms with van der Waals surface area (Å²) in [7, 11) is 0. The number of rotatable bonds is 4. The molecular weight excluding hydrogens is 404 g/mol. The first-order chi connectivity index (χ1) is 11.5. The van der Waals surface area contributed by atoms with E-state index in [1.165, 1.54) is 24.8 Å². The Hall–Kier alpha value is -0.620. The second-order valence-electron chi connectivity index (χ2n) is 7.30. The maximum absolute atomic E-state index is 12.7. The van der Waals surface area contributed by atoms with Crippen LogP contribution in [0.2, 0.25) is 0 Å². The Kier molecular flexibility index (Phi) is 7.32. The molecule has 1 aliphatic carbocycles. The SMILES string of the molecule is Cl.NC1(C(=O)NCC2(c3ccc(Br)cc3)CCCCC2)CCOCC1. The van der Waals surface area contributed by atoms with Crippen LogP contribution in [-0.2, 0) is 14.9 Å². The Bertz CT molecular complexity index is 567. The molecule has 2 fully saturated rings. The minimum absolute atomic E-state index is 0. The van der Waals surface area contributed by atoms with E-state index in [2.05, 4.69) is 45.5 Å². The van der Waals surface area contributed by atoms with Gasteiger partial charge in [0.25, 0.3) is 0 Å². The van der Waals surface area contributed by atoms with Crippen LogP contribution in [0.3, 0.4) is 0 Å². The van der Waals surface area contributed by atoms with E-state index in [4.69, 9.17) is 10.5 Å². The highest BCUT2D eigenvalue weighted by atomic mass is 79.9. The van der Waals surface area contributed by atoms with E-state index in [0.717, 1.165) is 17.3 Å². The fraction of sp³-hybridized carbons (Fsp3) is 0.632. The molecule has 1 amide bonds. The van der Waals surface area contributed by atoms with Crippen molar-refractivity contribution in [1.29, 1.82) is 0 Å². The van der Waals surface area contributed by atoms with Crippen LogP contribution in [0.15, 0.2) is 28.7 Å². The molecule has 0 radical (unpaired) electrons. The number of ether oxygens (including phenoxy) is 1. The van der Waals surface area contributed by atoms with Crippen molar-refractivity contribution in [2.45, 2.75) is 55.9 Å². The molecule has 0 atom stereocenters. The summed E-state index contributed by atoms with van der Waals surface area (Å²) in [5.74, 6) is -0.0205. The van der Waals surface area contributed by atoms with E-state index in [1.54, 1.807) is 0 Å². The van der Waals surface area contributed by atoms with Gasteiger partial charge in [-0.1, -0.05) is 47.3 Å². The quantitative estimate of drug-likeness (QED) is 0.764. The Morgan fingerprint density at radius 1 is 1.08 bits per heavy atom. The topological polar surface area (TPSA) is 64.4 Å². The molecular formula is C19H28BrClN2O2. The van der Waals surface area contributed by atoms with Crippen molar-refractivity contribution in [3.05, 3.63) is 34.3 Å². The molecule has 1 aromatic carbocycles. The Balaban J connectivity index is 0.00000225.